The van der Waals surface area contributed by atoms with E-state index >= 15 is 0 Å². The molecule has 0 spiro atoms. The Morgan fingerprint density at radius 2 is 1.55 bits per heavy atom. The van der Waals surface area contributed by atoms with Gasteiger partial charge in [0.25, 0.3) is 0 Å². The summed E-state index contributed by atoms with van der Waals surface area (Å²) in [6, 6.07) is 7.73. The van der Waals surface area contributed by atoms with Crippen LogP contribution < -0.4 is 4.74 Å². The van der Waals surface area contributed by atoms with E-state index in [9.17, 15) is 5.11 Å². The number of ether oxygens (including phenoxy) is 3. The van der Waals surface area contributed by atoms with Gasteiger partial charge in [0, 0.05) is 12.0 Å². The van der Waals surface area contributed by atoms with Crippen LogP contribution in [0.5, 0.6) is 5.75 Å². The lowest BCUT2D eigenvalue weighted by Crippen LogP contribution is -2.41. The highest BCUT2D eigenvalue weighted by Crippen LogP contribution is 2.44. The molecule has 1 saturated heterocycles. The van der Waals surface area contributed by atoms with Gasteiger partial charge in [0.1, 0.15) is 5.75 Å². The summed E-state index contributed by atoms with van der Waals surface area (Å²) >= 11 is 0. The van der Waals surface area contributed by atoms with Gasteiger partial charge >= 0.3 is 0 Å². The second kappa shape index (κ2) is 5.84. The quantitative estimate of drug-likeness (QED) is 0.898. The van der Waals surface area contributed by atoms with Gasteiger partial charge < -0.3 is 19.3 Å². The second-order valence-corrected chi connectivity index (χ2v) is 7.57. The first-order valence-electron chi connectivity index (χ1n) is 7.81. The molecule has 0 atom stereocenters. The fraction of sp³-hybridized carbons (Fsp3) is 0.667. The Labute approximate surface area is 133 Å². The van der Waals surface area contributed by atoms with Crippen LogP contribution in [0.4, 0.5) is 0 Å². The Bertz CT molecular complexity index is 481. The Morgan fingerprint density at radius 1 is 1.05 bits per heavy atom. The second-order valence-electron chi connectivity index (χ2n) is 7.57. The molecule has 1 fully saturated rings. The van der Waals surface area contributed by atoms with Crippen molar-refractivity contribution >= 4 is 0 Å². The van der Waals surface area contributed by atoms with Gasteiger partial charge in [-0.05, 0) is 53.7 Å². The molecule has 1 N–H and O–H groups in total. The number of hydrogen-bond acceptors (Lipinski definition) is 4. The van der Waals surface area contributed by atoms with E-state index in [1.165, 1.54) is 0 Å². The third-order valence-electron chi connectivity index (χ3n) is 4.39. The molecule has 124 valence electrons. The molecule has 0 amide bonds. The van der Waals surface area contributed by atoms with Gasteiger partial charge in [-0.2, -0.15) is 0 Å². The Balaban J connectivity index is 1.96. The van der Waals surface area contributed by atoms with Crippen molar-refractivity contribution in [3.8, 4) is 5.75 Å². The van der Waals surface area contributed by atoms with Crippen LogP contribution in [0.15, 0.2) is 24.3 Å². The first-order chi connectivity index (χ1) is 10.0. The van der Waals surface area contributed by atoms with Crippen LogP contribution in [-0.2, 0) is 9.47 Å². The van der Waals surface area contributed by atoms with Crippen LogP contribution in [0.3, 0.4) is 0 Å². The molecule has 0 unspecified atom stereocenters. The van der Waals surface area contributed by atoms with Gasteiger partial charge in [-0.3, -0.25) is 0 Å². The fourth-order valence-corrected chi connectivity index (χ4v) is 2.12. The van der Waals surface area contributed by atoms with Crippen molar-refractivity contribution in [1.29, 1.82) is 0 Å². The molecular formula is C18H28O4. The van der Waals surface area contributed by atoms with Crippen molar-refractivity contribution in [2.24, 2.45) is 0 Å². The topological polar surface area (TPSA) is 47.9 Å². The highest BCUT2D eigenvalue weighted by molar-refractivity contribution is 5.28. The monoisotopic (exact) mass is 308 g/mol. The molecule has 0 saturated carbocycles. The van der Waals surface area contributed by atoms with Crippen molar-refractivity contribution in [3.63, 3.8) is 0 Å². The molecule has 4 heteroatoms. The molecule has 1 aliphatic rings. The van der Waals surface area contributed by atoms with Gasteiger partial charge in [0.2, 0.25) is 0 Å². The molecule has 2 rings (SSSR count). The minimum absolute atomic E-state index is 0.334. The van der Waals surface area contributed by atoms with Crippen molar-refractivity contribution in [3.05, 3.63) is 29.8 Å². The lowest BCUT2D eigenvalue weighted by molar-refractivity contribution is -0.0895. The van der Waals surface area contributed by atoms with E-state index in [2.05, 4.69) is 0 Å². The molecule has 1 aromatic carbocycles. The molecule has 0 aromatic heterocycles. The third kappa shape index (κ3) is 4.00. The molecule has 1 aliphatic heterocycles. The zero-order valence-electron chi connectivity index (χ0n) is 14.5. The summed E-state index contributed by atoms with van der Waals surface area (Å²) in [5.74, 6) is 0.782. The molecule has 1 aromatic rings. The van der Waals surface area contributed by atoms with Crippen LogP contribution >= 0.6 is 0 Å². The summed E-state index contributed by atoms with van der Waals surface area (Å²) in [5.41, 5.74) is -0.393. The average molecular weight is 308 g/mol. The zero-order chi connectivity index (χ0) is 16.6. The Morgan fingerprint density at radius 3 is 2.00 bits per heavy atom. The molecule has 0 radical (unpaired) electrons. The summed E-state index contributed by atoms with van der Waals surface area (Å²) in [4.78, 5) is 0. The Hall–Kier alpha value is -1.10. The molecule has 0 aliphatic carbocycles. The standard InChI is InChI=1S/C18H28O4/c1-16(2,19)11-12-20-14-9-7-13(8-10-14)15-21-17(3,4)18(5,6)22-15/h7-10,15,19H,11-12H2,1-6H3. The van der Waals surface area contributed by atoms with E-state index in [1.807, 2.05) is 52.0 Å². The maximum absolute atomic E-state index is 9.67. The minimum Gasteiger partial charge on any atom is -0.493 e. The lowest BCUT2D eigenvalue weighted by atomic mass is 9.90. The first-order valence-corrected chi connectivity index (χ1v) is 7.81. The molecular weight excluding hydrogens is 280 g/mol. The van der Waals surface area contributed by atoms with Gasteiger partial charge in [-0.15, -0.1) is 0 Å². The lowest BCUT2D eigenvalue weighted by Gasteiger charge is -2.30. The highest BCUT2D eigenvalue weighted by atomic mass is 16.7. The molecule has 22 heavy (non-hydrogen) atoms. The maximum Gasteiger partial charge on any atom is 0.185 e. The highest BCUT2D eigenvalue weighted by Gasteiger charge is 2.49. The summed E-state index contributed by atoms with van der Waals surface area (Å²) in [5, 5.41) is 9.67. The Kier molecular flexibility index (Phi) is 4.58. The molecule has 4 nitrogen and oxygen atoms in total. The van der Waals surface area contributed by atoms with E-state index in [-0.39, 0.29) is 17.5 Å². The summed E-state index contributed by atoms with van der Waals surface area (Å²) in [6.07, 6.45) is 0.238. The van der Waals surface area contributed by atoms with E-state index < -0.39 is 5.60 Å². The summed E-state index contributed by atoms with van der Waals surface area (Å²) in [7, 11) is 0. The number of aliphatic hydroxyl groups is 1. The van der Waals surface area contributed by atoms with Crippen LogP contribution in [0.1, 0.15) is 59.8 Å². The first kappa shape index (κ1) is 17.3. The van der Waals surface area contributed by atoms with Crippen molar-refractivity contribution in [1.82, 2.24) is 0 Å². The van der Waals surface area contributed by atoms with Gasteiger partial charge in [0.05, 0.1) is 23.4 Å². The summed E-state index contributed by atoms with van der Waals surface area (Å²) in [6.45, 7) is 12.2. The smallest absolute Gasteiger partial charge is 0.185 e. The van der Waals surface area contributed by atoms with Crippen LogP contribution in [-0.4, -0.2) is 28.5 Å². The zero-order valence-corrected chi connectivity index (χ0v) is 14.5. The van der Waals surface area contributed by atoms with Crippen molar-refractivity contribution < 1.29 is 19.3 Å². The fourth-order valence-electron chi connectivity index (χ4n) is 2.12. The van der Waals surface area contributed by atoms with Crippen molar-refractivity contribution in [2.45, 2.75) is 71.1 Å². The predicted octanol–water partition coefficient (Wildman–Crippen LogP) is 3.83. The van der Waals surface area contributed by atoms with Crippen LogP contribution in [0.2, 0.25) is 0 Å². The van der Waals surface area contributed by atoms with Gasteiger partial charge in [-0.25, -0.2) is 0 Å². The van der Waals surface area contributed by atoms with Crippen LogP contribution in [0.25, 0.3) is 0 Å². The average Bonchev–Trinajstić information content (AvgIpc) is 2.58. The number of rotatable bonds is 5. The molecule has 1 heterocycles. The summed E-state index contributed by atoms with van der Waals surface area (Å²) < 4.78 is 17.7. The van der Waals surface area contributed by atoms with E-state index in [1.54, 1.807) is 13.8 Å². The third-order valence-corrected chi connectivity index (χ3v) is 4.39. The molecule has 0 bridgehead atoms. The number of hydrogen-bond donors (Lipinski definition) is 1. The van der Waals surface area contributed by atoms with E-state index in [4.69, 9.17) is 14.2 Å². The normalized spacial score (nSPS) is 21.0. The van der Waals surface area contributed by atoms with Gasteiger partial charge in [-0.1, -0.05) is 12.1 Å². The van der Waals surface area contributed by atoms with E-state index in [0.717, 1.165) is 11.3 Å². The van der Waals surface area contributed by atoms with Crippen molar-refractivity contribution in [2.75, 3.05) is 6.61 Å². The largest absolute Gasteiger partial charge is 0.493 e. The van der Waals surface area contributed by atoms with Crippen LogP contribution in [0, 0.1) is 0 Å². The number of benzene rings is 1. The van der Waals surface area contributed by atoms with E-state index in [0.29, 0.717) is 13.0 Å². The SMILES string of the molecule is CC(C)(O)CCOc1ccc(C2OC(C)(C)C(C)(C)O2)cc1. The van der Waals surface area contributed by atoms with Gasteiger partial charge in [0.15, 0.2) is 6.29 Å². The minimum atomic E-state index is -0.706. The predicted molar refractivity (Wildman–Crippen MR) is 85.9 cm³/mol. The maximum atomic E-state index is 9.67.